The molecule has 0 aromatic carbocycles. The maximum atomic E-state index is 5.92. The van der Waals surface area contributed by atoms with Crippen molar-refractivity contribution in [3.8, 4) is 0 Å². The summed E-state index contributed by atoms with van der Waals surface area (Å²) in [5.74, 6) is 0.513. The van der Waals surface area contributed by atoms with E-state index >= 15 is 0 Å². The van der Waals surface area contributed by atoms with E-state index in [0.29, 0.717) is 12.4 Å². The molecule has 0 atom stereocenters. The van der Waals surface area contributed by atoms with Gasteiger partial charge in [0, 0.05) is 11.9 Å². The highest BCUT2D eigenvalue weighted by atomic mass is 35.5. The predicted octanol–water partition coefficient (Wildman–Crippen LogP) is 2.58. The molecule has 0 aliphatic carbocycles. The standard InChI is InChI=1S/C9H9Cl2N5S/c1-5-6(17-4-12-5)3-16(2)8-7(10)14-15-9(11)13-8/h4H,3H2,1-2H3. The van der Waals surface area contributed by atoms with E-state index < -0.39 is 0 Å². The number of thiazole rings is 1. The van der Waals surface area contributed by atoms with Crippen LogP contribution in [0.25, 0.3) is 0 Å². The molecule has 2 rings (SSSR count). The molecule has 5 nitrogen and oxygen atoms in total. The number of rotatable bonds is 3. The molecule has 0 spiro atoms. The quantitative estimate of drug-likeness (QED) is 0.869. The van der Waals surface area contributed by atoms with Crippen LogP contribution in [0.3, 0.4) is 0 Å². The Kier molecular flexibility index (Phi) is 3.76. The predicted molar refractivity (Wildman–Crippen MR) is 68.8 cm³/mol. The fourth-order valence-corrected chi connectivity index (χ4v) is 2.47. The number of anilines is 1. The van der Waals surface area contributed by atoms with Gasteiger partial charge in [0.15, 0.2) is 11.0 Å². The number of halogens is 2. The molecule has 0 bridgehead atoms. The maximum absolute atomic E-state index is 5.92. The first-order valence-electron chi connectivity index (χ1n) is 4.73. The minimum Gasteiger partial charge on any atom is -0.352 e. The van der Waals surface area contributed by atoms with Crippen LogP contribution in [-0.4, -0.2) is 27.2 Å². The second kappa shape index (κ2) is 5.12. The summed E-state index contributed by atoms with van der Waals surface area (Å²) < 4.78 is 0. The fourth-order valence-electron chi connectivity index (χ4n) is 1.30. The Morgan fingerprint density at radius 2 is 2.12 bits per heavy atom. The van der Waals surface area contributed by atoms with Gasteiger partial charge >= 0.3 is 0 Å². The van der Waals surface area contributed by atoms with Crippen molar-refractivity contribution in [1.82, 2.24) is 20.2 Å². The van der Waals surface area contributed by atoms with Gasteiger partial charge in [0.1, 0.15) is 0 Å². The summed E-state index contributed by atoms with van der Waals surface area (Å²) in [4.78, 5) is 11.3. The van der Waals surface area contributed by atoms with Crippen molar-refractivity contribution in [2.75, 3.05) is 11.9 Å². The molecule has 0 radical (unpaired) electrons. The van der Waals surface area contributed by atoms with Crippen LogP contribution in [0.2, 0.25) is 10.4 Å². The first kappa shape index (κ1) is 12.5. The van der Waals surface area contributed by atoms with Gasteiger partial charge in [-0.05, 0) is 18.5 Å². The Bertz CT molecular complexity index is 530. The first-order chi connectivity index (χ1) is 8.08. The van der Waals surface area contributed by atoms with Crippen LogP contribution in [0.1, 0.15) is 10.6 Å². The molecule has 8 heteroatoms. The molecular formula is C9H9Cl2N5S. The second-order valence-electron chi connectivity index (χ2n) is 3.41. The van der Waals surface area contributed by atoms with Gasteiger partial charge in [0.05, 0.1) is 17.7 Å². The zero-order chi connectivity index (χ0) is 12.4. The number of aryl methyl sites for hydroxylation is 1. The Hall–Kier alpha value is -0.980. The van der Waals surface area contributed by atoms with Gasteiger partial charge < -0.3 is 4.90 Å². The van der Waals surface area contributed by atoms with Gasteiger partial charge in [-0.25, -0.2) is 4.98 Å². The molecule has 0 saturated heterocycles. The van der Waals surface area contributed by atoms with E-state index in [0.717, 1.165) is 10.6 Å². The molecule has 0 aliphatic heterocycles. The van der Waals surface area contributed by atoms with Crippen LogP contribution in [0.15, 0.2) is 5.51 Å². The Morgan fingerprint density at radius 3 is 2.76 bits per heavy atom. The third kappa shape index (κ3) is 2.83. The minimum atomic E-state index is 0.0808. The average Bonchev–Trinajstić information content (AvgIpc) is 2.68. The molecule has 0 aliphatic rings. The first-order valence-corrected chi connectivity index (χ1v) is 6.37. The van der Waals surface area contributed by atoms with E-state index in [4.69, 9.17) is 23.2 Å². The molecule has 2 aromatic rings. The van der Waals surface area contributed by atoms with E-state index in [-0.39, 0.29) is 10.4 Å². The highest BCUT2D eigenvalue weighted by molar-refractivity contribution is 7.09. The Labute approximate surface area is 112 Å². The Morgan fingerprint density at radius 1 is 1.35 bits per heavy atom. The monoisotopic (exact) mass is 289 g/mol. The molecular weight excluding hydrogens is 281 g/mol. The number of hydrogen-bond donors (Lipinski definition) is 0. The van der Waals surface area contributed by atoms with Crippen LogP contribution in [0.4, 0.5) is 5.82 Å². The van der Waals surface area contributed by atoms with Crippen molar-refractivity contribution >= 4 is 40.4 Å². The molecule has 90 valence electrons. The van der Waals surface area contributed by atoms with Gasteiger partial charge in [0.25, 0.3) is 0 Å². The smallest absolute Gasteiger partial charge is 0.245 e. The number of aromatic nitrogens is 4. The summed E-state index contributed by atoms with van der Waals surface area (Å²) in [6.45, 7) is 2.62. The summed E-state index contributed by atoms with van der Waals surface area (Å²) in [6.07, 6.45) is 0. The normalized spacial score (nSPS) is 10.6. The van der Waals surface area contributed by atoms with Gasteiger partial charge in [-0.3, -0.25) is 0 Å². The van der Waals surface area contributed by atoms with Gasteiger partial charge in [-0.2, -0.15) is 4.98 Å². The topological polar surface area (TPSA) is 54.8 Å². The van der Waals surface area contributed by atoms with E-state index in [2.05, 4.69) is 20.2 Å². The lowest BCUT2D eigenvalue weighted by Crippen LogP contribution is -2.19. The largest absolute Gasteiger partial charge is 0.352 e. The summed E-state index contributed by atoms with van der Waals surface area (Å²) in [6, 6.07) is 0. The van der Waals surface area contributed by atoms with Crippen LogP contribution in [-0.2, 0) is 6.54 Å². The molecule has 2 aromatic heterocycles. The zero-order valence-corrected chi connectivity index (χ0v) is 11.5. The summed E-state index contributed by atoms with van der Waals surface area (Å²) in [5, 5.41) is 7.61. The van der Waals surface area contributed by atoms with Crippen molar-refractivity contribution in [3.63, 3.8) is 0 Å². The fraction of sp³-hybridized carbons (Fsp3) is 0.333. The average molecular weight is 290 g/mol. The van der Waals surface area contributed by atoms with Crippen molar-refractivity contribution in [3.05, 3.63) is 26.5 Å². The van der Waals surface area contributed by atoms with Gasteiger partial charge in [-0.1, -0.05) is 11.6 Å². The van der Waals surface area contributed by atoms with Crippen molar-refractivity contribution in [2.45, 2.75) is 13.5 Å². The summed E-state index contributed by atoms with van der Waals surface area (Å²) >= 11 is 13.2. The zero-order valence-electron chi connectivity index (χ0n) is 9.18. The molecule has 0 unspecified atom stereocenters. The lowest BCUT2D eigenvalue weighted by Gasteiger charge is -2.17. The third-order valence-electron chi connectivity index (χ3n) is 2.19. The van der Waals surface area contributed by atoms with Crippen LogP contribution >= 0.6 is 34.5 Å². The number of nitrogens with zero attached hydrogens (tertiary/aromatic N) is 5. The highest BCUT2D eigenvalue weighted by Crippen LogP contribution is 2.23. The number of hydrogen-bond acceptors (Lipinski definition) is 6. The maximum Gasteiger partial charge on any atom is 0.245 e. The lowest BCUT2D eigenvalue weighted by atomic mass is 10.4. The van der Waals surface area contributed by atoms with Crippen molar-refractivity contribution < 1.29 is 0 Å². The van der Waals surface area contributed by atoms with Crippen LogP contribution in [0.5, 0.6) is 0 Å². The molecule has 0 saturated carbocycles. The molecule has 0 amide bonds. The van der Waals surface area contributed by atoms with E-state index in [1.807, 2.05) is 24.4 Å². The van der Waals surface area contributed by atoms with Crippen molar-refractivity contribution in [2.24, 2.45) is 0 Å². The van der Waals surface area contributed by atoms with Crippen LogP contribution in [0, 0.1) is 6.92 Å². The highest BCUT2D eigenvalue weighted by Gasteiger charge is 2.13. The lowest BCUT2D eigenvalue weighted by molar-refractivity contribution is 0.865. The molecule has 2 heterocycles. The van der Waals surface area contributed by atoms with E-state index in [1.165, 1.54) is 0 Å². The summed E-state index contributed by atoms with van der Waals surface area (Å²) in [7, 11) is 1.87. The Balaban J connectivity index is 2.23. The minimum absolute atomic E-state index is 0.0808. The third-order valence-corrected chi connectivity index (χ3v) is 3.51. The van der Waals surface area contributed by atoms with E-state index in [1.54, 1.807) is 11.3 Å². The SMILES string of the molecule is Cc1ncsc1CN(C)c1nc(Cl)nnc1Cl. The van der Waals surface area contributed by atoms with E-state index in [9.17, 15) is 0 Å². The van der Waals surface area contributed by atoms with Crippen molar-refractivity contribution in [1.29, 1.82) is 0 Å². The molecule has 0 fully saturated rings. The molecule has 17 heavy (non-hydrogen) atoms. The molecule has 0 N–H and O–H groups in total. The second-order valence-corrected chi connectivity index (χ2v) is 5.05. The van der Waals surface area contributed by atoms with Gasteiger partial charge in [0.2, 0.25) is 5.28 Å². The van der Waals surface area contributed by atoms with Gasteiger partial charge in [-0.15, -0.1) is 21.5 Å². The van der Waals surface area contributed by atoms with Crippen LogP contribution < -0.4 is 4.90 Å². The summed E-state index contributed by atoms with van der Waals surface area (Å²) in [5.41, 5.74) is 2.82.